The molecule has 9 nitrogen and oxygen atoms in total. The number of benzene rings is 1. The van der Waals surface area contributed by atoms with Crippen molar-refractivity contribution in [3.05, 3.63) is 57.7 Å². The van der Waals surface area contributed by atoms with Gasteiger partial charge in [-0.3, -0.25) is 14.4 Å². The lowest BCUT2D eigenvalue weighted by Crippen LogP contribution is -2.56. The van der Waals surface area contributed by atoms with E-state index in [2.05, 4.69) is 32.4 Å². The average molecular weight is 547 g/mol. The number of aromatic nitrogens is 1. The van der Waals surface area contributed by atoms with E-state index in [1.54, 1.807) is 14.1 Å². The van der Waals surface area contributed by atoms with Crippen LogP contribution in [0.25, 0.3) is 0 Å². The number of fused-ring (bicyclic) bond motifs is 1. The molecule has 0 radical (unpaired) electrons. The summed E-state index contributed by atoms with van der Waals surface area (Å²) >= 11 is 1.36. The van der Waals surface area contributed by atoms with E-state index in [1.165, 1.54) is 22.3 Å². The molecule has 2 aliphatic rings. The molecule has 12 heteroatoms. The van der Waals surface area contributed by atoms with Gasteiger partial charge in [0.05, 0.1) is 17.4 Å². The summed E-state index contributed by atoms with van der Waals surface area (Å²) in [5.41, 5.74) is 1.05. The van der Waals surface area contributed by atoms with Gasteiger partial charge in [-0.2, -0.15) is 0 Å². The van der Waals surface area contributed by atoms with Crippen molar-refractivity contribution in [3.63, 3.8) is 0 Å². The number of nitrogens with one attached hydrogen (secondary N) is 3. The van der Waals surface area contributed by atoms with Crippen molar-refractivity contribution in [3.8, 4) is 0 Å². The fourth-order valence-corrected chi connectivity index (χ4v) is 5.89. The Morgan fingerprint density at radius 3 is 2.61 bits per heavy atom. The highest BCUT2D eigenvalue weighted by Crippen LogP contribution is 2.28. The van der Waals surface area contributed by atoms with Crippen LogP contribution in [0.4, 0.5) is 14.5 Å². The van der Waals surface area contributed by atoms with E-state index in [1.807, 2.05) is 7.05 Å². The molecule has 1 aliphatic carbocycles. The summed E-state index contributed by atoms with van der Waals surface area (Å²) in [6.07, 6.45) is 2.13. The summed E-state index contributed by atoms with van der Waals surface area (Å²) in [6.45, 7) is 5.34. The van der Waals surface area contributed by atoms with Gasteiger partial charge in [-0.05, 0) is 38.4 Å². The third kappa shape index (κ3) is 6.36. The maximum atomic E-state index is 13.5. The fourth-order valence-electron chi connectivity index (χ4n) is 4.80. The van der Waals surface area contributed by atoms with Crippen LogP contribution in [0.15, 0.2) is 30.5 Å². The molecular weight excluding hydrogens is 514 g/mol. The van der Waals surface area contributed by atoms with Gasteiger partial charge in [0.15, 0.2) is 16.6 Å². The molecular formula is C26H32F2N6O3S. The summed E-state index contributed by atoms with van der Waals surface area (Å²) in [7, 11) is 5.40. The lowest BCUT2D eigenvalue weighted by molar-refractivity contribution is -0.134. The van der Waals surface area contributed by atoms with Gasteiger partial charge in [-0.1, -0.05) is 6.58 Å². The quantitative estimate of drug-likeness (QED) is 0.461. The first kappa shape index (κ1) is 27.6. The van der Waals surface area contributed by atoms with Crippen LogP contribution in [-0.4, -0.2) is 72.3 Å². The van der Waals surface area contributed by atoms with E-state index in [9.17, 15) is 23.2 Å². The highest BCUT2D eigenvalue weighted by Gasteiger charge is 2.37. The number of anilines is 1. The number of likely N-dealkylation sites (N-methyl/N-ethyl adjacent to an activating group) is 1. The molecule has 204 valence electrons. The maximum Gasteiger partial charge on any atom is 0.280 e. The minimum absolute atomic E-state index is 0.0359. The Hall–Kier alpha value is -3.38. The summed E-state index contributed by atoms with van der Waals surface area (Å²) in [5.74, 6) is -3.28. The van der Waals surface area contributed by atoms with Crippen molar-refractivity contribution < 1.29 is 23.2 Å². The number of hydrogen-bond donors (Lipinski definition) is 3. The van der Waals surface area contributed by atoms with Crippen molar-refractivity contribution in [2.75, 3.05) is 33.0 Å². The highest BCUT2D eigenvalue weighted by atomic mass is 32.1. The van der Waals surface area contributed by atoms with Crippen molar-refractivity contribution in [1.29, 1.82) is 0 Å². The first-order valence-electron chi connectivity index (χ1n) is 12.4. The van der Waals surface area contributed by atoms with Crippen molar-refractivity contribution in [2.24, 2.45) is 5.92 Å². The number of rotatable bonds is 7. The minimum Gasteiger partial charge on any atom is -0.351 e. The number of hydrogen-bond acceptors (Lipinski definition) is 7. The summed E-state index contributed by atoms with van der Waals surface area (Å²) in [4.78, 5) is 48.1. The van der Waals surface area contributed by atoms with Crippen LogP contribution in [0.1, 0.15) is 39.6 Å². The molecule has 3 amide bonds. The molecule has 2 aromatic rings. The van der Waals surface area contributed by atoms with Gasteiger partial charge in [0.2, 0.25) is 5.91 Å². The van der Waals surface area contributed by atoms with Gasteiger partial charge >= 0.3 is 0 Å². The summed E-state index contributed by atoms with van der Waals surface area (Å²) in [5, 5.41) is 8.93. The van der Waals surface area contributed by atoms with E-state index in [4.69, 9.17) is 0 Å². The maximum absolute atomic E-state index is 13.5. The normalized spacial score (nSPS) is 21.2. The van der Waals surface area contributed by atoms with Gasteiger partial charge in [0.25, 0.3) is 11.8 Å². The molecule has 1 saturated carbocycles. The Labute approximate surface area is 224 Å². The van der Waals surface area contributed by atoms with Gasteiger partial charge in [-0.25, -0.2) is 13.8 Å². The standard InChI is InChI=1S/C26H32F2N6O3S/c1-14(29-16-6-7-17(27)18(28)12-16)23(35)30-19-8-5-15(26(37)33(2)3)11-21(19)31-24(36)25-32-20-9-10-34(4)13-22(20)38-25/h6-7,12,15,19,21,29H,1,5,8-11,13H2,2-4H3,(H,30,35)(H,31,36)/t15-,19-,21+/m0/s1. The van der Waals surface area contributed by atoms with Crippen LogP contribution in [0.2, 0.25) is 0 Å². The lowest BCUT2D eigenvalue weighted by Gasteiger charge is -2.37. The molecule has 1 aromatic heterocycles. The van der Waals surface area contributed by atoms with Gasteiger partial charge < -0.3 is 25.8 Å². The second-order valence-electron chi connectivity index (χ2n) is 10.0. The van der Waals surface area contributed by atoms with Crippen LogP contribution < -0.4 is 16.0 Å². The molecule has 3 N–H and O–H groups in total. The minimum atomic E-state index is -1.05. The Morgan fingerprint density at radius 1 is 1.13 bits per heavy atom. The second-order valence-corrected chi connectivity index (χ2v) is 11.1. The van der Waals surface area contributed by atoms with E-state index in [-0.39, 0.29) is 29.1 Å². The van der Waals surface area contributed by atoms with Crippen molar-refractivity contribution >= 4 is 34.7 Å². The van der Waals surface area contributed by atoms with Gasteiger partial charge in [0, 0.05) is 62.2 Å². The largest absolute Gasteiger partial charge is 0.351 e. The van der Waals surface area contributed by atoms with Crippen LogP contribution in [0.3, 0.4) is 0 Å². The first-order chi connectivity index (χ1) is 18.0. The van der Waals surface area contributed by atoms with Crippen LogP contribution in [-0.2, 0) is 22.6 Å². The van der Waals surface area contributed by atoms with Crippen molar-refractivity contribution in [1.82, 2.24) is 25.4 Å². The van der Waals surface area contributed by atoms with E-state index in [0.717, 1.165) is 42.2 Å². The third-order valence-corrected chi connectivity index (χ3v) is 7.96. The molecule has 4 rings (SSSR count). The average Bonchev–Trinajstić information content (AvgIpc) is 3.30. The Morgan fingerprint density at radius 2 is 1.89 bits per heavy atom. The number of thiazole rings is 1. The topological polar surface area (TPSA) is 107 Å². The molecule has 2 heterocycles. The zero-order chi connectivity index (χ0) is 27.6. The number of carbonyl (C=O) groups excluding carboxylic acids is 3. The summed E-state index contributed by atoms with van der Waals surface area (Å²) < 4.78 is 26.8. The van der Waals surface area contributed by atoms with Crippen molar-refractivity contribution in [2.45, 2.75) is 44.3 Å². The SMILES string of the molecule is C=C(Nc1ccc(F)c(F)c1)C(=O)N[C@H]1CC[C@H](C(=O)N(C)C)C[C@H]1NC(=O)c1nc2c(s1)CN(C)CC2. The number of nitrogens with zero attached hydrogens (tertiary/aromatic N) is 3. The predicted molar refractivity (Wildman–Crippen MR) is 140 cm³/mol. The van der Waals surface area contributed by atoms with Crippen LogP contribution in [0.5, 0.6) is 0 Å². The monoisotopic (exact) mass is 546 g/mol. The molecule has 0 unspecified atom stereocenters. The molecule has 0 saturated heterocycles. The van der Waals surface area contributed by atoms with Gasteiger partial charge in [-0.15, -0.1) is 11.3 Å². The Kier molecular flexibility index (Phi) is 8.41. The third-order valence-electron chi connectivity index (χ3n) is 6.88. The smallest absolute Gasteiger partial charge is 0.280 e. The Balaban J connectivity index is 1.46. The number of halogens is 2. The molecule has 1 fully saturated rings. The second kappa shape index (κ2) is 11.6. The first-order valence-corrected chi connectivity index (χ1v) is 13.2. The molecule has 38 heavy (non-hydrogen) atoms. The van der Waals surface area contributed by atoms with E-state index >= 15 is 0 Å². The van der Waals surface area contributed by atoms with Crippen LogP contribution in [0, 0.1) is 17.6 Å². The summed E-state index contributed by atoms with van der Waals surface area (Å²) in [6, 6.07) is 2.19. The lowest BCUT2D eigenvalue weighted by atomic mass is 9.81. The Bertz CT molecular complexity index is 1250. The van der Waals surface area contributed by atoms with Crippen LogP contribution >= 0.6 is 11.3 Å². The molecule has 3 atom stereocenters. The number of carbonyl (C=O) groups is 3. The molecule has 0 spiro atoms. The highest BCUT2D eigenvalue weighted by molar-refractivity contribution is 7.13. The zero-order valence-electron chi connectivity index (χ0n) is 21.6. The van der Waals surface area contributed by atoms with E-state index in [0.29, 0.717) is 24.3 Å². The number of amides is 3. The zero-order valence-corrected chi connectivity index (χ0v) is 22.5. The molecule has 0 bridgehead atoms. The predicted octanol–water partition coefficient (Wildman–Crippen LogP) is 2.51. The fraction of sp³-hybridized carbons (Fsp3) is 0.462. The van der Waals surface area contributed by atoms with Gasteiger partial charge in [0.1, 0.15) is 0 Å². The molecule has 1 aliphatic heterocycles. The van der Waals surface area contributed by atoms with E-state index < -0.39 is 29.6 Å². The molecule has 1 aromatic carbocycles.